The maximum atomic E-state index is 13.1. The summed E-state index contributed by atoms with van der Waals surface area (Å²) in [4.78, 5) is 18.0. The zero-order valence-corrected chi connectivity index (χ0v) is 17.7. The normalized spacial score (nSPS) is 27.7. The Morgan fingerprint density at radius 1 is 0.857 bits per heavy atom. The number of benzene rings is 1. The Labute approximate surface area is 171 Å². The van der Waals surface area contributed by atoms with Gasteiger partial charge in [-0.25, -0.2) is 0 Å². The van der Waals surface area contributed by atoms with Gasteiger partial charge in [-0.2, -0.15) is 0 Å². The molecule has 3 fully saturated rings. The third-order valence-corrected chi connectivity index (χ3v) is 7.56. The second-order valence-corrected chi connectivity index (χ2v) is 9.48. The molecule has 28 heavy (non-hydrogen) atoms. The zero-order chi connectivity index (χ0) is 19.3. The van der Waals surface area contributed by atoms with E-state index in [1.807, 2.05) is 0 Å². The van der Waals surface area contributed by atoms with Gasteiger partial charge in [-0.05, 0) is 75.9 Å². The van der Waals surface area contributed by atoms with Gasteiger partial charge >= 0.3 is 0 Å². The van der Waals surface area contributed by atoms with Crippen LogP contribution in [0.1, 0.15) is 81.3 Å². The van der Waals surface area contributed by atoms with Gasteiger partial charge in [0.05, 0.1) is 0 Å². The van der Waals surface area contributed by atoms with E-state index < -0.39 is 0 Å². The predicted molar refractivity (Wildman–Crippen MR) is 116 cm³/mol. The molecule has 2 saturated heterocycles. The number of hydrogen-bond acceptors (Lipinski definition) is 2. The molecule has 2 heterocycles. The summed E-state index contributed by atoms with van der Waals surface area (Å²) < 4.78 is 0. The highest BCUT2D eigenvalue weighted by Gasteiger charge is 2.33. The monoisotopic (exact) mass is 382 g/mol. The van der Waals surface area contributed by atoms with E-state index in [0.717, 1.165) is 32.4 Å². The Balaban J connectivity index is 1.30. The molecule has 154 valence electrons. The molecule has 0 unspecified atom stereocenters. The summed E-state index contributed by atoms with van der Waals surface area (Å²) in [7, 11) is 0. The van der Waals surface area contributed by atoms with Gasteiger partial charge < -0.3 is 9.80 Å². The summed E-state index contributed by atoms with van der Waals surface area (Å²) >= 11 is 0. The smallest absolute Gasteiger partial charge is 0.222 e. The van der Waals surface area contributed by atoms with Crippen molar-refractivity contribution in [3.63, 3.8) is 0 Å². The van der Waals surface area contributed by atoms with Crippen LogP contribution in [0.25, 0.3) is 0 Å². The van der Waals surface area contributed by atoms with E-state index in [1.165, 1.54) is 69.2 Å². The minimum atomic E-state index is 0.427. The average molecular weight is 383 g/mol. The first-order chi connectivity index (χ1) is 13.7. The van der Waals surface area contributed by atoms with Crippen LogP contribution < -0.4 is 0 Å². The lowest BCUT2D eigenvalue weighted by molar-refractivity contribution is -0.134. The summed E-state index contributed by atoms with van der Waals surface area (Å²) in [5.41, 5.74) is 2.78. The van der Waals surface area contributed by atoms with Crippen LogP contribution in [0, 0.1) is 12.8 Å². The molecule has 0 aromatic heterocycles. The van der Waals surface area contributed by atoms with E-state index in [4.69, 9.17) is 0 Å². The minimum absolute atomic E-state index is 0.427. The zero-order valence-electron chi connectivity index (χ0n) is 17.7. The van der Waals surface area contributed by atoms with Crippen molar-refractivity contribution in [2.75, 3.05) is 26.2 Å². The Kier molecular flexibility index (Phi) is 6.72. The third kappa shape index (κ3) is 4.79. The first-order valence-electron chi connectivity index (χ1n) is 11.8. The fraction of sp³-hybridized carbons (Fsp3) is 0.720. The maximum Gasteiger partial charge on any atom is 0.222 e. The van der Waals surface area contributed by atoms with Gasteiger partial charge in [-0.3, -0.25) is 4.79 Å². The Bertz CT molecular complexity index is 626. The van der Waals surface area contributed by atoms with Gasteiger partial charge in [0.2, 0.25) is 5.91 Å². The average Bonchev–Trinajstić information content (AvgIpc) is 2.75. The lowest BCUT2D eigenvalue weighted by atomic mass is 9.80. The van der Waals surface area contributed by atoms with Crippen molar-refractivity contribution >= 4 is 5.91 Å². The molecule has 3 heteroatoms. The Hall–Kier alpha value is -1.35. The molecular formula is C25H38N2O. The van der Waals surface area contributed by atoms with Gasteiger partial charge in [-0.15, -0.1) is 0 Å². The van der Waals surface area contributed by atoms with E-state index in [2.05, 4.69) is 41.0 Å². The van der Waals surface area contributed by atoms with Crippen LogP contribution in [0.5, 0.6) is 0 Å². The van der Waals surface area contributed by atoms with Crippen LogP contribution in [-0.4, -0.2) is 47.9 Å². The molecule has 0 spiro atoms. The SMILES string of the molecule is Cc1ccc(C2CCN(C(=O)C[C@H]3CCCC[C@@H]3N3CCCCC3)CC2)cc1. The molecule has 1 saturated carbocycles. The molecule has 1 aliphatic carbocycles. The van der Waals surface area contributed by atoms with Gasteiger partial charge in [-0.1, -0.05) is 49.1 Å². The maximum absolute atomic E-state index is 13.1. The fourth-order valence-electron chi connectivity index (χ4n) is 5.81. The number of amides is 1. The number of carbonyl (C=O) groups excluding carboxylic acids is 1. The van der Waals surface area contributed by atoms with E-state index in [9.17, 15) is 4.79 Å². The van der Waals surface area contributed by atoms with Gasteiger partial charge in [0.1, 0.15) is 0 Å². The summed E-state index contributed by atoms with van der Waals surface area (Å²) in [5.74, 6) is 1.64. The van der Waals surface area contributed by atoms with Crippen LogP contribution >= 0.6 is 0 Å². The fourth-order valence-corrected chi connectivity index (χ4v) is 5.81. The minimum Gasteiger partial charge on any atom is -0.343 e. The summed E-state index contributed by atoms with van der Waals surface area (Å²) in [5, 5.41) is 0. The van der Waals surface area contributed by atoms with Gasteiger partial charge in [0.15, 0.2) is 0 Å². The molecule has 0 radical (unpaired) electrons. The molecule has 0 bridgehead atoms. The lowest BCUT2D eigenvalue weighted by Crippen LogP contribution is -2.47. The first kappa shape index (κ1) is 19.9. The molecule has 3 nitrogen and oxygen atoms in total. The first-order valence-corrected chi connectivity index (χ1v) is 11.8. The van der Waals surface area contributed by atoms with Crippen LogP contribution in [0.15, 0.2) is 24.3 Å². The molecule has 1 amide bonds. The molecule has 1 aromatic rings. The number of nitrogens with zero attached hydrogens (tertiary/aromatic N) is 2. The Morgan fingerprint density at radius 2 is 1.54 bits per heavy atom. The molecule has 2 aliphatic heterocycles. The summed E-state index contributed by atoms with van der Waals surface area (Å²) in [6.07, 6.45) is 12.4. The van der Waals surface area contributed by atoms with Crippen molar-refractivity contribution in [2.24, 2.45) is 5.92 Å². The van der Waals surface area contributed by atoms with E-state index >= 15 is 0 Å². The van der Waals surface area contributed by atoms with Crippen molar-refractivity contribution in [1.29, 1.82) is 0 Å². The van der Waals surface area contributed by atoms with Crippen LogP contribution in [0.4, 0.5) is 0 Å². The summed E-state index contributed by atoms with van der Waals surface area (Å²) in [6.45, 7) is 6.55. The van der Waals surface area contributed by atoms with Crippen molar-refractivity contribution < 1.29 is 4.79 Å². The molecule has 3 aliphatic rings. The lowest BCUT2D eigenvalue weighted by Gasteiger charge is -2.42. The third-order valence-electron chi connectivity index (χ3n) is 7.56. The highest BCUT2D eigenvalue weighted by molar-refractivity contribution is 5.76. The van der Waals surface area contributed by atoms with Crippen LogP contribution in [0.3, 0.4) is 0 Å². The van der Waals surface area contributed by atoms with E-state index in [0.29, 0.717) is 23.8 Å². The van der Waals surface area contributed by atoms with E-state index in [1.54, 1.807) is 0 Å². The highest BCUT2D eigenvalue weighted by Crippen LogP contribution is 2.34. The van der Waals surface area contributed by atoms with Crippen LogP contribution in [-0.2, 0) is 4.79 Å². The number of aryl methyl sites for hydroxylation is 1. The molecule has 4 rings (SSSR count). The number of rotatable bonds is 4. The second kappa shape index (κ2) is 9.43. The number of piperidine rings is 2. The largest absolute Gasteiger partial charge is 0.343 e. The van der Waals surface area contributed by atoms with Crippen LogP contribution in [0.2, 0.25) is 0 Å². The number of hydrogen-bond donors (Lipinski definition) is 0. The summed E-state index contributed by atoms with van der Waals surface area (Å²) in [6, 6.07) is 9.67. The van der Waals surface area contributed by atoms with Crippen molar-refractivity contribution in [3.05, 3.63) is 35.4 Å². The topological polar surface area (TPSA) is 23.6 Å². The van der Waals surface area contributed by atoms with Crippen molar-refractivity contribution in [3.8, 4) is 0 Å². The van der Waals surface area contributed by atoms with Gasteiger partial charge in [0, 0.05) is 25.6 Å². The molecular weight excluding hydrogens is 344 g/mol. The van der Waals surface area contributed by atoms with Crippen molar-refractivity contribution in [1.82, 2.24) is 9.80 Å². The molecule has 0 N–H and O–H groups in total. The quantitative estimate of drug-likeness (QED) is 0.720. The number of carbonyl (C=O) groups is 1. The van der Waals surface area contributed by atoms with Gasteiger partial charge in [0.25, 0.3) is 0 Å². The second-order valence-electron chi connectivity index (χ2n) is 9.48. The van der Waals surface area contributed by atoms with Crippen molar-refractivity contribution in [2.45, 2.75) is 83.1 Å². The standard InChI is InChI=1S/C25H38N2O/c1-20-9-11-21(12-10-20)22-13-17-27(18-14-22)25(28)19-23-7-3-4-8-24(23)26-15-5-2-6-16-26/h9-12,22-24H,2-8,13-19H2,1H3/t23-,24+/m1/s1. The van der Waals surface area contributed by atoms with E-state index in [-0.39, 0.29) is 0 Å². The molecule has 2 atom stereocenters. The highest BCUT2D eigenvalue weighted by atomic mass is 16.2. The predicted octanol–water partition coefficient (Wildman–Crippen LogP) is 5.14. The Morgan fingerprint density at radius 3 is 2.25 bits per heavy atom. The number of likely N-dealkylation sites (tertiary alicyclic amines) is 2. The molecule has 1 aromatic carbocycles.